The van der Waals surface area contributed by atoms with Gasteiger partial charge in [0.25, 0.3) is 0 Å². The summed E-state index contributed by atoms with van der Waals surface area (Å²) in [6, 6.07) is 11.2. The van der Waals surface area contributed by atoms with E-state index in [1.165, 1.54) is 12.4 Å². The zero-order chi connectivity index (χ0) is 22.5. The van der Waals surface area contributed by atoms with E-state index < -0.39 is 0 Å². The maximum Gasteiger partial charge on any atom is 0.132 e. The first-order valence-corrected chi connectivity index (χ1v) is 10.7. The first-order valence-electron chi connectivity index (χ1n) is 10.7. The molecule has 164 valence electrons. The molecule has 0 spiro atoms. The first kappa shape index (κ1) is 21.8. The van der Waals surface area contributed by atoms with Gasteiger partial charge in [0.15, 0.2) is 0 Å². The number of anilines is 1. The van der Waals surface area contributed by atoms with Crippen molar-refractivity contribution in [1.29, 1.82) is 0 Å². The van der Waals surface area contributed by atoms with Crippen LogP contribution in [0.3, 0.4) is 0 Å². The van der Waals surface area contributed by atoms with Crippen LogP contribution in [0.4, 0.5) is 10.1 Å². The van der Waals surface area contributed by atoms with Gasteiger partial charge in [0.2, 0.25) is 0 Å². The fourth-order valence-electron chi connectivity index (χ4n) is 3.83. The smallest absolute Gasteiger partial charge is 0.132 e. The van der Waals surface area contributed by atoms with Gasteiger partial charge in [0.1, 0.15) is 12.1 Å². The lowest BCUT2D eigenvalue weighted by atomic mass is 10.00. The van der Waals surface area contributed by atoms with Gasteiger partial charge in [-0.1, -0.05) is 24.3 Å². The normalized spacial score (nSPS) is 14.2. The number of morpholine rings is 1. The van der Waals surface area contributed by atoms with Crippen LogP contribution in [0.5, 0.6) is 0 Å². The number of rotatable bonds is 6. The molecule has 6 heteroatoms. The average Bonchev–Trinajstić information content (AvgIpc) is 2.82. The Hall–Kier alpha value is -3.38. The van der Waals surface area contributed by atoms with Gasteiger partial charge in [-0.05, 0) is 49.7 Å². The molecule has 3 aromatic rings. The topological polar surface area (TPSA) is 50.6 Å². The van der Waals surface area contributed by atoms with E-state index in [-0.39, 0.29) is 5.82 Å². The summed E-state index contributed by atoms with van der Waals surface area (Å²) in [6.45, 7) is 10.9. The number of aliphatic imine (C=N–C) groups is 1. The Morgan fingerprint density at radius 2 is 1.97 bits per heavy atom. The van der Waals surface area contributed by atoms with E-state index >= 15 is 0 Å². The summed E-state index contributed by atoms with van der Waals surface area (Å²) in [7, 11) is 0. The van der Waals surface area contributed by atoms with Gasteiger partial charge >= 0.3 is 0 Å². The van der Waals surface area contributed by atoms with E-state index in [1.54, 1.807) is 18.4 Å². The number of nitrogens with zero attached hydrogens (tertiary/aromatic N) is 4. The highest BCUT2D eigenvalue weighted by molar-refractivity contribution is 5.94. The van der Waals surface area contributed by atoms with Crippen molar-refractivity contribution in [3.63, 3.8) is 0 Å². The van der Waals surface area contributed by atoms with Crippen molar-refractivity contribution < 1.29 is 9.13 Å². The molecule has 5 nitrogen and oxygen atoms in total. The highest BCUT2D eigenvalue weighted by atomic mass is 19.1. The predicted octanol–water partition coefficient (Wildman–Crippen LogP) is 5.37. The van der Waals surface area contributed by atoms with E-state index in [4.69, 9.17) is 4.74 Å². The molecule has 1 aliphatic rings. The molecule has 1 aromatic heterocycles. The number of ether oxygens (including phenoxy) is 1. The third kappa shape index (κ3) is 4.75. The minimum absolute atomic E-state index is 0.306. The van der Waals surface area contributed by atoms with Crippen LogP contribution in [-0.4, -0.2) is 42.5 Å². The molecule has 0 saturated carbocycles. The van der Waals surface area contributed by atoms with Crippen LogP contribution in [-0.2, 0) is 11.2 Å². The summed E-state index contributed by atoms with van der Waals surface area (Å²) in [4.78, 5) is 15.6. The number of hydrogen-bond acceptors (Lipinski definition) is 5. The largest absolute Gasteiger partial charge is 0.378 e. The summed E-state index contributed by atoms with van der Waals surface area (Å²) in [6.07, 6.45) is 5.43. The molecule has 4 rings (SSSR count). The highest BCUT2D eigenvalue weighted by Gasteiger charge is 2.16. The molecule has 1 saturated heterocycles. The van der Waals surface area contributed by atoms with Crippen molar-refractivity contribution in [2.24, 2.45) is 4.99 Å². The summed E-state index contributed by atoms with van der Waals surface area (Å²) in [5, 5.41) is 0.827. The van der Waals surface area contributed by atoms with Crippen molar-refractivity contribution in [2.45, 2.75) is 20.3 Å². The number of benzene rings is 2. The molecular weight excluding hydrogens is 403 g/mol. The quantitative estimate of drug-likeness (QED) is 0.494. The van der Waals surface area contributed by atoms with E-state index in [1.807, 2.05) is 38.1 Å². The molecule has 1 aliphatic heterocycles. The fourth-order valence-corrected chi connectivity index (χ4v) is 3.83. The Bertz CT molecular complexity index is 1190. The molecule has 32 heavy (non-hydrogen) atoms. The molecular formula is C26H27FN4O. The zero-order valence-corrected chi connectivity index (χ0v) is 18.5. The van der Waals surface area contributed by atoms with Gasteiger partial charge in [-0.15, -0.1) is 0 Å². The molecule has 2 aromatic carbocycles. The Morgan fingerprint density at radius 1 is 1.16 bits per heavy atom. The van der Waals surface area contributed by atoms with Crippen LogP contribution in [0.25, 0.3) is 22.2 Å². The molecule has 0 unspecified atom stereocenters. The highest BCUT2D eigenvalue weighted by Crippen LogP contribution is 2.31. The second kappa shape index (κ2) is 9.83. The van der Waals surface area contributed by atoms with Crippen LogP contribution in [0, 0.1) is 5.82 Å². The van der Waals surface area contributed by atoms with Gasteiger partial charge in [0.05, 0.1) is 24.4 Å². The minimum atomic E-state index is -0.306. The number of hydrogen-bond donors (Lipinski definition) is 0. The lowest BCUT2D eigenvalue weighted by Crippen LogP contribution is -2.36. The average molecular weight is 431 g/mol. The molecule has 0 atom stereocenters. The predicted molar refractivity (Wildman–Crippen MR) is 129 cm³/mol. The third-order valence-corrected chi connectivity index (χ3v) is 5.57. The van der Waals surface area contributed by atoms with E-state index in [2.05, 4.69) is 26.4 Å². The summed E-state index contributed by atoms with van der Waals surface area (Å²) in [5.41, 5.74) is 5.96. The van der Waals surface area contributed by atoms with Gasteiger partial charge in [-0.3, -0.25) is 4.99 Å². The summed E-state index contributed by atoms with van der Waals surface area (Å²) in [5.74, 6) is -0.306. The Morgan fingerprint density at radius 3 is 2.72 bits per heavy atom. The van der Waals surface area contributed by atoms with Crippen molar-refractivity contribution in [3.8, 4) is 11.3 Å². The van der Waals surface area contributed by atoms with Crippen LogP contribution in [0.1, 0.15) is 19.4 Å². The second-order valence-corrected chi connectivity index (χ2v) is 7.97. The molecule has 0 N–H and O–H groups in total. The van der Waals surface area contributed by atoms with E-state index in [0.29, 0.717) is 17.7 Å². The van der Waals surface area contributed by atoms with Gasteiger partial charge < -0.3 is 9.64 Å². The van der Waals surface area contributed by atoms with Gasteiger partial charge in [-0.25, -0.2) is 14.4 Å². The lowest BCUT2D eigenvalue weighted by Gasteiger charge is -2.29. The maximum atomic E-state index is 14.9. The van der Waals surface area contributed by atoms with E-state index in [9.17, 15) is 4.39 Å². The number of allylic oxidation sites excluding steroid dienone is 3. The maximum absolute atomic E-state index is 14.9. The van der Waals surface area contributed by atoms with Crippen LogP contribution in [0.15, 0.2) is 71.6 Å². The second-order valence-electron chi connectivity index (χ2n) is 7.97. The SMILES string of the molecule is C=CC=NC(Cc1ccc(F)c(-c2ncnc3cc(N4CCOCC4)ccc23)c1)=C(C)C. The Labute approximate surface area is 188 Å². The summed E-state index contributed by atoms with van der Waals surface area (Å²) < 4.78 is 20.4. The lowest BCUT2D eigenvalue weighted by molar-refractivity contribution is 0.122. The van der Waals surface area contributed by atoms with Crippen molar-refractivity contribution in [2.75, 3.05) is 31.2 Å². The number of halogens is 1. The molecule has 0 aliphatic carbocycles. The molecule has 0 amide bonds. The van der Waals surface area contributed by atoms with Gasteiger partial charge in [-0.2, -0.15) is 0 Å². The standard InChI is InChI=1S/C26H27FN4O/c1-4-9-28-24(18(2)3)15-19-5-8-23(27)22(14-19)26-21-7-6-20(16-25(21)29-17-30-26)31-10-12-32-13-11-31/h4-9,14,16-17H,1,10-13,15H2,2-3H3. The van der Waals surface area contributed by atoms with Crippen molar-refractivity contribution in [3.05, 3.63) is 78.0 Å². The molecule has 0 radical (unpaired) electrons. The minimum Gasteiger partial charge on any atom is -0.378 e. The van der Waals surface area contributed by atoms with Crippen molar-refractivity contribution >= 4 is 22.8 Å². The van der Waals surface area contributed by atoms with Gasteiger partial charge in [0, 0.05) is 48.1 Å². The Balaban J connectivity index is 1.72. The monoisotopic (exact) mass is 430 g/mol. The zero-order valence-electron chi connectivity index (χ0n) is 18.5. The summed E-state index contributed by atoms with van der Waals surface area (Å²) >= 11 is 0. The Kier molecular flexibility index (Phi) is 6.71. The van der Waals surface area contributed by atoms with Crippen molar-refractivity contribution in [1.82, 2.24) is 9.97 Å². The molecule has 2 heterocycles. The fraction of sp³-hybridized carbons (Fsp3) is 0.269. The first-order chi connectivity index (χ1) is 15.6. The number of fused-ring (bicyclic) bond motifs is 1. The van der Waals surface area contributed by atoms with E-state index in [0.717, 1.165) is 59.7 Å². The third-order valence-electron chi connectivity index (χ3n) is 5.57. The van der Waals surface area contributed by atoms with Crippen LogP contribution in [0.2, 0.25) is 0 Å². The molecule has 1 fully saturated rings. The van der Waals surface area contributed by atoms with Crippen LogP contribution < -0.4 is 4.90 Å². The van der Waals surface area contributed by atoms with Crippen LogP contribution >= 0.6 is 0 Å². The molecule has 0 bridgehead atoms. The number of aromatic nitrogens is 2.